The van der Waals surface area contributed by atoms with Crippen molar-refractivity contribution in [1.29, 1.82) is 0 Å². The number of carbonyl (C=O) groups excluding carboxylic acids is 1. The van der Waals surface area contributed by atoms with Crippen LogP contribution in [0.5, 0.6) is 0 Å². The molecule has 60 valence electrons. The zero-order valence-corrected chi connectivity index (χ0v) is 6.94. The van der Waals surface area contributed by atoms with E-state index < -0.39 is 0 Å². The number of ketones is 1. The SMILES string of the molecule is CC.O=C1CCCNCC1. The minimum atomic E-state index is 0.412. The summed E-state index contributed by atoms with van der Waals surface area (Å²) in [6, 6.07) is 0. The molecule has 1 N–H and O–H groups in total. The molecule has 1 fully saturated rings. The third-order valence-electron chi connectivity index (χ3n) is 1.39. The standard InChI is InChI=1S/C6H11NO.C2H6/c8-6-2-1-4-7-5-3-6;1-2/h7H,1-5H2;1-2H3. The van der Waals surface area contributed by atoms with Gasteiger partial charge in [0.25, 0.3) is 0 Å². The molecule has 0 amide bonds. The van der Waals surface area contributed by atoms with Gasteiger partial charge in [-0.3, -0.25) is 4.79 Å². The van der Waals surface area contributed by atoms with Crippen molar-refractivity contribution in [2.24, 2.45) is 0 Å². The van der Waals surface area contributed by atoms with Gasteiger partial charge in [0, 0.05) is 19.4 Å². The molecule has 1 rings (SSSR count). The zero-order valence-electron chi connectivity index (χ0n) is 6.94. The summed E-state index contributed by atoms with van der Waals surface area (Å²) in [6.07, 6.45) is 2.55. The van der Waals surface area contributed by atoms with Gasteiger partial charge in [0.1, 0.15) is 5.78 Å². The maximum Gasteiger partial charge on any atom is 0.134 e. The van der Waals surface area contributed by atoms with Gasteiger partial charge in [-0.1, -0.05) is 13.8 Å². The quantitative estimate of drug-likeness (QED) is 0.554. The van der Waals surface area contributed by atoms with Gasteiger partial charge < -0.3 is 5.32 Å². The Hall–Kier alpha value is -0.370. The predicted octanol–water partition coefficient (Wildman–Crippen LogP) is 1.36. The van der Waals surface area contributed by atoms with E-state index in [1.165, 1.54) is 0 Å². The van der Waals surface area contributed by atoms with Gasteiger partial charge in [-0.15, -0.1) is 0 Å². The molecule has 1 heterocycles. The lowest BCUT2D eigenvalue weighted by Gasteiger charge is -1.91. The van der Waals surface area contributed by atoms with E-state index in [4.69, 9.17) is 0 Å². The molecule has 2 heteroatoms. The lowest BCUT2D eigenvalue weighted by molar-refractivity contribution is -0.118. The van der Waals surface area contributed by atoms with Crippen LogP contribution in [-0.2, 0) is 4.79 Å². The van der Waals surface area contributed by atoms with Gasteiger partial charge >= 0.3 is 0 Å². The molecule has 0 aliphatic carbocycles. The van der Waals surface area contributed by atoms with Gasteiger partial charge in [-0.05, 0) is 13.0 Å². The summed E-state index contributed by atoms with van der Waals surface area (Å²) in [4.78, 5) is 10.6. The normalized spacial score (nSPS) is 18.8. The molecule has 0 spiro atoms. The van der Waals surface area contributed by atoms with E-state index in [0.29, 0.717) is 5.78 Å². The molecule has 0 aromatic carbocycles. The van der Waals surface area contributed by atoms with Crippen molar-refractivity contribution >= 4 is 5.78 Å². The average molecular weight is 143 g/mol. The Kier molecular flexibility index (Phi) is 6.50. The first-order valence-electron chi connectivity index (χ1n) is 4.12. The van der Waals surface area contributed by atoms with Crippen LogP contribution in [0.4, 0.5) is 0 Å². The van der Waals surface area contributed by atoms with Crippen LogP contribution in [0.3, 0.4) is 0 Å². The summed E-state index contributed by atoms with van der Waals surface area (Å²) < 4.78 is 0. The molecule has 0 atom stereocenters. The van der Waals surface area contributed by atoms with Crippen LogP contribution < -0.4 is 5.32 Å². The second-order valence-electron chi connectivity index (χ2n) is 2.14. The third-order valence-corrected chi connectivity index (χ3v) is 1.39. The molecule has 1 saturated heterocycles. The highest BCUT2D eigenvalue weighted by Gasteiger charge is 2.04. The molecule has 0 aromatic rings. The zero-order chi connectivity index (χ0) is 7.82. The Labute approximate surface area is 63.0 Å². The molecule has 0 saturated carbocycles. The van der Waals surface area contributed by atoms with Crippen molar-refractivity contribution in [3.05, 3.63) is 0 Å². The largest absolute Gasteiger partial charge is 0.316 e. The fourth-order valence-electron chi connectivity index (χ4n) is 0.888. The van der Waals surface area contributed by atoms with Crippen molar-refractivity contribution in [1.82, 2.24) is 5.32 Å². The summed E-state index contributed by atoms with van der Waals surface area (Å²) in [7, 11) is 0. The smallest absolute Gasteiger partial charge is 0.134 e. The predicted molar refractivity (Wildman–Crippen MR) is 43.1 cm³/mol. The molecule has 2 nitrogen and oxygen atoms in total. The molecule has 0 aromatic heterocycles. The van der Waals surface area contributed by atoms with Crippen molar-refractivity contribution in [2.75, 3.05) is 13.1 Å². The molecule has 0 radical (unpaired) electrons. The lowest BCUT2D eigenvalue weighted by atomic mass is 10.2. The summed E-state index contributed by atoms with van der Waals surface area (Å²) >= 11 is 0. The number of carbonyl (C=O) groups is 1. The summed E-state index contributed by atoms with van der Waals surface area (Å²) in [5, 5.41) is 3.16. The Balaban J connectivity index is 0.000000371. The highest BCUT2D eigenvalue weighted by Crippen LogP contribution is 1.96. The molecule has 0 unspecified atom stereocenters. The Bertz CT molecular complexity index is 81.3. The lowest BCUT2D eigenvalue weighted by Crippen LogP contribution is -2.13. The summed E-state index contributed by atoms with van der Waals surface area (Å²) in [6.45, 7) is 5.91. The van der Waals surface area contributed by atoms with Crippen LogP contribution in [0, 0.1) is 0 Å². The van der Waals surface area contributed by atoms with Crippen LogP contribution in [0.2, 0.25) is 0 Å². The minimum Gasteiger partial charge on any atom is -0.316 e. The second-order valence-corrected chi connectivity index (χ2v) is 2.14. The van der Waals surface area contributed by atoms with E-state index in [1.807, 2.05) is 13.8 Å². The molecule has 1 aliphatic heterocycles. The van der Waals surface area contributed by atoms with E-state index in [9.17, 15) is 4.79 Å². The highest BCUT2D eigenvalue weighted by atomic mass is 16.1. The Morgan fingerprint density at radius 1 is 1.20 bits per heavy atom. The van der Waals surface area contributed by atoms with Crippen LogP contribution in [0.1, 0.15) is 33.1 Å². The number of hydrogen-bond acceptors (Lipinski definition) is 2. The van der Waals surface area contributed by atoms with Crippen molar-refractivity contribution in [3.8, 4) is 0 Å². The maximum atomic E-state index is 10.6. The maximum absolute atomic E-state index is 10.6. The van der Waals surface area contributed by atoms with Crippen molar-refractivity contribution in [3.63, 3.8) is 0 Å². The van der Waals surface area contributed by atoms with Gasteiger partial charge in [-0.25, -0.2) is 0 Å². The monoisotopic (exact) mass is 143 g/mol. The van der Waals surface area contributed by atoms with E-state index in [2.05, 4.69) is 5.32 Å². The number of rotatable bonds is 0. The van der Waals surface area contributed by atoms with E-state index in [0.717, 1.165) is 32.4 Å². The Morgan fingerprint density at radius 2 is 1.90 bits per heavy atom. The highest BCUT2D eigenvalue weighted by molar-refractivity contribution is 5.78. The molecule has 0 bridgehead atoms. The first kappa shape index (κ1) is 9.63. The van der Waals surface area contributed by atoms with E-state index >= 15 is 0 Å². The second kappa shape index (κ2) is 6.75. The average Bonchev–Trinajstić information content (AvgIpc) is 2.21. The molecular weight excluding hydrogens is 126 g/mol. The number of hydrogen-bond donors (Lipinski definition) is 1. The topological polar surface area (TPSA) is 29.1 Å². The van der Waals surface area contributed by atoms with Crippen LogP contribution >= 0.6 is 0 Å². The van der Waals surface area contributed by atoms with Crippen LogP contribution in [0.15, 0.2) is 0 Å². The van der Waals surface area contributed by atoms with Crippen LogP contribution in [0.25, 0.3) is 0 Å². The first-order valence-corrected chi connectivity index (χ1v) is 4.12. The molecular formula is C8H17NO. The summed E-state index contributed by atoms with van der Waals surface area (Å²) in [5.74, 6) is 0.412. The fraction of sp³-hybridized carbons (Fsp3) is 0.875. The fourth-order valence-corrected chi connectivity index (χ4v) is 0.888. The van der Waals surface area contributed by atoms with Gasteiger partial charge in [0.2, 0.25) is 0 Å². The van der Waals surface area contributed by atoms with E-state index in [1.54, 1.807) is 0 Å². The molecule has 1 aliphatic rings. The van der Waals surface area contributed by atoms with Crippen molar-refractivity contribution < 1.29 is 4.79 Å². The van der Waals surface area contributed by atoms with Crippen molar-refractivity contribution in [2.45, 2.75) is 33.1 Å². The van der Waals surface area contributed by atoms with Gasteiger partial charge in [0.15, 0.2) is 0 Å². The van der Waals surface area contributed by atoms with Gasteiger partial charge in [0.05, 0.1) is 0 Å². The Morgan fingerprint density at radius 3 is 2.60 bits per heavy atom. The molecule has 10 heavy (non-hydrogen) atoms. The van der Waals surface area contributed by atoms with Gasteiger partial charge in [-0.2, -0.15) is 0 Å². The number of nitrogens with one attached hydrogen (secondary N) is 1. The van der Waals surface area contributed by atoms with E-state index in [-0.39, 0.29) is 0 Å². The first-order chi connectivity index (χ1) is 4.89. The summed E-state index contributed by atoms with van der Waals surface area (Å²) in [5.41, 5.74) is 0. The third kappa shape index (κ3) is 4.50. The minimum absolute atomic E-state index is 0.412. The number of Topliss-reactive ketones (excluding diaryl/α,β-unsaturated/α-hetero) is 1. The van der Waals surface area contributed by atoms with Crippen LogP contribution in [-0.4, -0.2) is 18.9 Å².